The molecule has 1 saturated carbocycles. The van der Waals surface area contributed by atoms with Crippen LogP contribution in [0.15, 0.2) is 0 Å². The molecule has 1 aliphatic carbocycles. The summed E-state index contributed by atoms with van der Waals surface area (Å²) in [5.41, 5.74) is 0. The summed E-state index contributed by atoms with van der Waals surface area (Å²) in [5.74, 6) is -28.4. The van der Waals surface area contributed by atoms with Crippen LogP contribution in [-0.4, -0.2) is 42.6 Å². The summed E-state index contributed by atoms with van der Waals surface area (Å²) in [5, 5.41) is 0. The van der Waals surface area contributed by atoms with Crippen LogP contribution in [0.4, 0.5) is 48.3 Å². The van der Waals surface area contributed by atoms with E-state index in [1.807, 2.05) is 6.92 Å². The number of unbranched alkanes of at least 4 members (excludes halogenated alkanes) is 5. The van der Waals surface area contributed by atoms with E-state index in [0.717, 1.165) is 32.1 Å². The van der Waals surface area contributed by atoms with Gasteiger partial charge in [-0.2, -0.15) is 48.3 Å². The largest absolute Gasteiger partial charge is 0.460 e. The van der Waals surface area contributed by atoms with Gasteiger partial charge in [0.05, 0.1) is 6.10 Å². The molecule has 0 N–H and O–H groups in total. The highest BCUT2D eigenvalue weighted by molar-refractivity contribution is 5.06. The molecule has 0 heterocycles. The topological polar surface area (TPSA) is 9.23 Å². The summed E-state index contributed by atoms with van der Waals surface area (Å²) in [6.45, 7) is 1.35. The van der Waals surface area contributed by atoms with Gasteiger partial charge >= 0.3 is 29.9 Å². The van der Waals surface area contributed by atoms with Crippen molar-refractivity contribution in [3.05, 3.63) is 0 Å². The van der Waals surface area contributed by atoms with Gasteiger partial charge in [-0.1, -0.05) is 58.8 Å². The maximum atomic E-state index is 14.0. The van der Waals surface area contributed by atoms with Gasteiger partial charge in [0.25, 0.3) is 0 Å². The first-order valence-electron chi connectivity index (χ1n) is 11.2. The SMILES string of the molecule is CCCCCCCCC1CCC(CC)C1OCC(F)(F)C(F)(F)C(F)(F)C(F)(F)C(F)(F)F. The van der Waals surface area contributed by atoms with Crippen molar-refractivity contribution in [2.75, 3.05) is 6.61 Å². The number of halogens is 11. The Hall–Kier alpha value is -0.810. The molecule has 0 bridgehead atoms. The molecule has 0 aromatic rings. The first-order valence-corrected chi connectivity index (χ1v) is 11.2. The van der Waals surface area contributed by atoms with Crippen LogP contribution >= 0.6 is 0 Å². The molecule has 0 spiro atoms. The van der Waals surface area contributed by atoms with Crippen LogP contribution in [0, 0.1) is 11.8 Å². The molecule has 0 aromatic carbocycles. The highest BCUT2D eigenvalue weighted by atomic mass is 19.4. The molecule has 33 heavy (non-hydrogen) atoms. The second-order valence-electron chi connectivity index (χ2n) is 8.76. The van der Waals surface area contributed by atoms with E-state index in [1.54, 1.807) is 6.92 Å². The number of hydrogen-bond acceptors (Lipinski definition) is 1. The molecule has 0 radical (unpaired) electrons. The van der Waals surface area contributed by atoms with E-state index in [0.29, 0.717) is 32.1 Å². The predicted octanol–water partition coefficient (Wildman–Crippen LogP) is 8.66. The fourth-order valence-corrected chi connectivity index (χ4v) is 4.24. The Bertz CT molecular complexity index is 589. The molecule has 3 unspecified atom stereocenters. The fourth-order valence-electron chi connectivity index (χ4n) is 4.24. The van der Waals surface area contributed by atoms with E-state index in [4.69, 9.17) is 4.74 Å². The molecule has 1 nitrogen and oxygen atoms in total. The zero-order valence-corrected chi connectivity index (χ0v) is 18.6. The van der Waals surface area contributed by atoms with Crippen LogP contribution in [0.25, 0.3) is 0 Å². The second kappa shape index (κ2) is 11.3. The number of rotatable bonds is 14. The summed E-state index contributed by atoms with van der Waals surface area (Å²) < 4.78 is 150. The molecule has 198 valence electrons. The highest BCUT2D eigenvalue weighted by Gasteiger charge is 2.87. The van der Waals surface area contributed by atoms with Crippen LogP contribution in [0.3, 0.4) is 0 Å². The molecule has 1 aliphatic rings. The van der Waals surface area contributed by atoms with Gasteiger partial charge < -0.3 is 4.74 Å². The molecule has 0 saturated heterocycles. The van der Waals surface area contributed by atoms with Crippen molar-refractivity contribution in [1.82, 2.24) is 0 Å². The van der Waals surface area contributed by atoms with Crippen molar-refractivity contribution < 1.29 is 53.0 Å². The maximum Gasteiger partial charge on any atom is 0.460 e. The molecular weight excluding hydrogens is 477 g/mol. The highest BCUT2D eigenvalue weighted by Crippen LogP contribution is 2.57. The van der Waals surface area contributed by atoms with Gasteiger partial charge in [0, 0.05) is 0 Å². The summed E-state index contributed by atoms with van der Waals surface area (Å²) >= 11 is 0. The third kappa shape index (κ3) is 6.45. The molecule has 3 atom stereocenters. The third-order valence-corrected chi connectivity index (χ3v) is 6.35. The fraction of sp³-hybridized carbons (Fsp3) is 1.00. The van der Waals surface area contributed by atoms with Gasteiger partial charge in [0.1, 0.15) is 6.61 Å². The van der Waals surface area contributed by atoms with Crippen molar-refractivity contribution in [1.29, 1.82) is 0 Å². The molecular formula is C21H31F11O. The lowest BCUT2D eigenvalue weighted by atomic mass is 9.93. The van der Waals surface area contributed by atoms with Gasteiger partial charge in [0.2, 0.25) is 0 Å². The third-order valence-electron chi connectivity index (χ3n) is 6.35. The Labute approximate surface area is 186 Å². The lowest BCUT2D eigenvalue weighted by molar-refractivity contribution is -0.425. The van der Waals surface area contributed by atoms with E-state index >= 15 is 0 Å². The monoisotopic (exact) mass is 508 g/mol. The van der Waals surface area contributed by atoms with Crippen molar-refractivity contribution in [2.24, 2.45) is 11.8 Å². The van der Waals surface area contributed by atoms with E-state index in [2.05, 4.69) is 0 Å². The van der Waals surface area contributed by atoms with Crippen LogP contribution < -0.4 is 0 Å². The molecule has 12 heteroatoms. The van der Waals surface area contributed by atoms with Crippen molar-refractivity contribution in [2.45, 2.75) is 114 Å². The Morgan fingerprint density at radius 2 is 1.15 bits per heavy atom. The maximum absolute atomic E-state index is 14.0. The standard InChI is InChI=1S/C21H31F11O/c1-3-5-6-7-8-9-10-15-12-11-14(4-2)16(15)33-13-17(22,23)18(24,25)19(26,27)20(28,29)21(30,31)32/h14-16H,3-13H2,1-2H3. The number of ether oxygens (including phenoxy) is 1. The first-order chi connectivity index (χ1) is 15.0. The van der Waals surface area contributed by atoms with Gasteiger partial charge in [-0.15, -0.1) is 0 Å². The minimum atomic E-state index is -7.39. The van der Waals surface area contributed by atoms with Crippen molar-refractivity contribution >= 4 is 0 Å². The summed E-state index contributed by atoms with van der Waals surface area (Å²) in [6, 6.07) is 0. The van der Waals surface area contributed by atoms with E-state index in [1.165, 1.54) is 0 Å². The Morgan fingerprint density at radius 3 is 1.67 bits per heavy atom. The molecule has 0 amide bonds. The van der Waals surface area contributed by atoms with E-state index in [-0.39, 0.29) is 11.8 Å². The van der Waals surface area contributed by atoms with Crippen LogP contribution in [0.5, 0.6) is 0 Å². The Balaban J connectivity index is 2.88. The Morgan fingerprint density at radius 1 is 0.636 bits per heavy atom. The zero-order valence-electron chi connectivity index (χ0n) is 18.6. The van der Waals surface area contributed by atoms with E-state index < -0.39 is 42.6 Å². The average molecular weight is 508 g/mol. The smallest absolute Gasteiger partial charge is 0.371 e. The minimum absolute atomic E-state index is 0.317. The zero-order chi connectivity index (χ0) is 25.7. The van der Waals surface area contributed by atoms with Gasteiger partial charge in [-0.25, -0.2) is 0 Å². The van der Waals surface area contributed by atoms with Crippen LogP contribution in [0.2, 0.25) is 0 Å². The molecule has 0 aromatic heterocycles. The number of alkyl halides is 11. The summed E-state index contributed by atoms with van der Waals surface area (Å²) in [6.07, 6.45) is -0.500. The molecule has 0 aliphatic heterocycles. The van der Waals surface area contributed by atoms with Gasteiger partial charge in [0.15, 0.2) is 0 Å². The van der Waals surface area contributed by atoms with Crippen molar-refractivity contribution in [3.63, 3.8) is 0 Å². The second-order valence-corrected chi connectivity index (χ2v) is 8.76. The van der Waals surface area contributed by atoms with E-state index in [9.17, 15) is 48.3 Å². The quantitative estimate of drug-likeness (QED) is 0.169. The normalized spacial score (nSPS) is 23.4. The molecule has 1 fully saturated rings. The summed E-state index contributed by atoms with van der Waals surface area (Å²) in [7, 11) is 0. The van der Waals surface area contributed by atoms with Crippen molar-refractivity contribution in [3.8, 4) is 0 Å². The van der Waals surface area contributed by atoms with Crippen LogP contribution in [0.1, 0.15) is 78.1 Å². The minimum Gasteiger partial charge on any atom is -0.371 e. The lowest BCUT2D eigenvalue weighted by Gasteiger charge is -2.38. The first kappa shape index (κ1) is 30.2. The van der Waals surface area contributed by atoms with Gasteiger partial charge in [-0.05, 0) is 31.1 Å². The average Bonchev–Trinajstić information content (AvgIpc) is 3.09. The summed E-state index contributed by atoms with van der Waals surface area (Å²) in [4.78, 5) is 0. The van der Waals surface area contributed by atoms with Crippen LogP contribution in [-0.2, 0) is 4.74 Å². The molecule has 1 rings (SSSR count). The Kier molecular flexibility index (Phi) is 10.3. The number of hydrogen-bond donors (Lipinski definition) is 0. The predicted molar refractivity (Wildman–Crippen MR) is 100 cm³/mol. The lowest BCUT2D eigenvalue weighted by Crippen LogP contribution is -2.67. The van der Waals surface area contributed by atoms with Gasteiger partial charge in [-0.3, -0.25) is 0 Å².